The molecule has 2 aromatic carbocycles. The van der Waals surface area contributed by atoms with E-state index in [1.54, 1.807) is 31.0 Å². The van der Waals surface area contributed by atoms with Gasteiger partial charge in [-0.3, -0.25) is 4.79 Å². The molecule has 3 aromatic rings. The average molecular weight is 402 g/mol. The Hall–Kier alpha value is -3.68. The van der Waals surface area contributed by atoms with Gasteiger partial charge in [-0.1, -0.05) is 23.8 Å². The van der Waals surface area contributed by atoms with Crippen molar-refractivity contribution in [2.24, 2.45) is 0 Å². The molecule has 0 saturated heterocycles. The lowest BCUT2D eigenvalue weighted by Crippen LogP contribution is -2.16. The van der Waals surface area contributed by atoms with E-state index in [1.807, 2.05) is 37.3 Å². The highest BCUT2D eigenvalue weighted by molar-refractivity contribution is 7.98. The lowest BCUT2D eigenvalue weighted by Gasteiger charge is -2.13. The maximum absolute atomic E-state index is 12.2. The van der Waals surface area contributed by atoms with Crippen LogP contribution in [0.25, 0.3) is 11.1 Å². The number of nitriles is 2. The minimum atomic E-state index is -0.620. The number of anilines is 1. The van der Waals surface area contributed by atoms with Crippen LogP contribution >= 0.6 is 11.8 Å². The van der Waals surface area contributed by atoms with Crippen LogP contribution in [0.3, 0.4) is 0 Å². The number of rotatable bonds is 5. The number of pyridine rings is 1. The Balaban J connectivity index is 2.08. The summed E-state index contributed by atoms with van der Waals surface area (Å²) in [6, 6.07) is 17.4. The molecule has 3 N–H and O–H groups in total. The Labute approximate surface area is 172 Å². The second kappa shape index (κ2) is 8.55. The summed E-state index contributed by atoms with van der Waals surface area (Å²) in [7, 11) is 1.58. The highest BCUT2D eigenvalue weighted by atomic mass is 32.2. The van der Waals surface area contributed by atoms with Crippen molar-refractivity contribution >= 4 is 17.6 Å². The first kappa shape index (κ1) is 20.1. The number of hydrogen-bond donors (Lipinski definition) is 2. The molecule has 0 radical (unpaired) electrons. The van der Waals surface area contributed by atoms with Crippen molar-refractivity contribution < 1.29 is 4.74 Å². The first-order valence-electron chi connectivity index (χ1n) is 8.71. The number of thioether (sulfide) groups is 1. The van der Waals surface area contributed by atoms with Gasteiger partial charge in [0.25, 0.3) is 5.56 Å². The first-order valence-corrected chi connectivity index (χ1v) is 9.69. The standard InChI is InChI=1S/C22H18N4O2S/c1-13-3-6-16(7-4-13)29-12-15-9-14(5-8-19(15)28-2)20-17(10-23)21(25)26-22(27)18(20)11-24/h3-9H,12H2,1-2H3,(H3,25,26,27). The Morgan fingerprint density at radius 3 is 2.41 bits per heavy atom. The highest BCUT2D eigenvalue weighted by Gasteiger charge is 2.19. The normalized spacial score (nSPS) is 10.2. The number of ether oxygens (including phenoxy) is 1. The maximum atomic E-state index is 12.2. The van der Waals surface area contributed by atoms with E-state index >= 15 is 0 Å². The molecular formula is C22H18N4O2S. The quantitative estimate of drug-likeness (QED) is 0.624. The second-order valence-electron chi connectivity index (χ2n) is 6.34. The molecule has 3 rings (SSSR count). The van der Waals surface area contributed by atoms with Crippen molar-refractivity contribution in [1.29, 1.82) is 10.5 Å². The van der Waals surface area contributed by atoms with Crippen molar-refractivity contribution in [2.75, 3.05) is 12.8 Å². The SMILES string of the molecule is COc1ccc(-c2c(C#N)c(N)[nH]c(=O)c2C#N)cc1CSc1ccc(C)cc1. The Kier molecular flexibility index (Phi) is 5.92. The van der Waals surface area contributed by atoms with E-state index in [1.165, 1.54) is 5.56 Å². The summed E-state index contributed by atoms with van der Waals surface area (Å²) in [6.45, 7) is 2.04. The molecule has 0 aliphatic heterocycles. The number of nitrogen functional groups attached to an aromatic ring is 1. The molecule has 0 unspecified atom stereocenters. The summed E-state index contributed by atoms with van der Waals surface area (Å²) in [5.74, 6) is 1.24. The van der Waals surface area contributed by atoms with Crippen LogP contribution in [0.5, 0.6) is 5.75 Å². The van der Waals surface area contributed by atoms with Gasteiger partial charge in [0, 0.05) is 21.8 Å². The minimum absolute atomic E-state index is 0.0575. The van der Waals surface area contributed by atoms with E-state index in [0.29, 0.717) is 17.1 Å². The molecule has 0 aliphatic carbocycles. The predicted molar refractivity (Wildman–Crippen MR) is 114 cm³/mol. The van der Waals surface area contributed by atoms with Gasteiger partial charge in [0.2, 0.25) is 0 Å². The molecule has 0 aliphatic rings. The second-order valence-corrected chi connectivity index (χ2v) is 7.39. The molecule has 0 bridgehead atoms. The Morgan fingerprint density at radius 1 is 1.10 bits per heavy atom. The third kappa shape index (κ3) is 4.11. The summed E-state index contributed by atoms with van der Waals surface area (Å²) in [4.78, 5) is 15.6. The van der Waals surface area contributed by atoms with Gasteiger partial charge < -0.3 is 15.5 Å². The summed E-state index contributed by atoms with van der Waals surface area (Å²) < 4.78 is 5.47. The fourth-order valence-corrected chi connectivity index (χ4v) is 3.85. The topological polar surface area (TPSA) is 116 Å². The molecule has 29 heavy (non-hydrogen) atoms. The van der Waals surface area contributed by atoms with Crippen LogP contribution in [-0.4, -0.2) is 12.1 Å². The number of aromatic amines is 1. The molecular weight excluding hydrogens is 384 g/mol. The largest absolute Gasteiger partial charge is 0.496 e. The van der Waals surface area contributed by atoms with Crippen molar-refractivity contribution in [3.63, 3.8) is 0 Å². The van der Waals surface area contributed by atoms with Crippen LogP contribution in [0.1, 0.15) is 22.3 Å². The number of aryl methyl sites for hydroxylation is 1. The van der Waals surface area contributed by atoms with Crippen molar-refractivity contribution in [2.45, 2.75) is 17.6 Å². The van der Waals surface area contributed by atoms with E-state index < -0.39 is 5.56 Å². The van der Waals surface area contributed by atoms with Crippen LogP contribution in [-0.2, 0) is 5.75 Å². The van der Waals surface area contributed by atoms with E-state index in [4.69, 9.17) is 10.5 Å². The van der Waals surface area contributed by atoms with Gasteiger partial charge in [-0.25, -0.2) is 0 Å². The van der Waals surface area contributed by atoms with Crippen LogP contribution in [0.4, 0.5) is 5.82 Å². The zero-order chi connectivity index (χ0) is 21.0. The molecule has 0 fully saturated rings. The van der Waals surface area contributed by atoms with Gasteiger partial charge in [0.05, 0.1) is 7.11 Å². The zero-order valence-corrected chi connectivity index (χ0v) is 16.8. The third-order valence-corrected chi connectivity index (χ3v) is 5.51. The van der Waals surface area contributed by atoms with E-state index in [-0.39, 0.29) is 22.5 Å². The van der Waals surface area contributed by atoms with Gasteiger partial charge in [-0.15, -0.1) is 11.8 Å². The zero-order valence-electron chi connectivity index (χ0n) is 15.9. The van der Waals surface area contributed by atoms with Gasteiger partial charge in [0.1, 0.15) is 34.8 Å². The van der Waals surface area contributed by atoms with Crippen LogP contribution in [0.2, 0.25) is 0 Å². The maximum Gasteiger partial charge on any atom is 0.268 e. The molecule has 0 spiro atoms. The highest BCUT2D eigenvalue weighted by Crippen LogP contribution is 2.34. The molecule has 144 valence electrons. The van der Waals surface area contributed by atoms with Crippen LogP contribution in [0, 0.1) is 29.6 Å². The van der Waals surface area contributed by atoms with Crippen LogP contribution in [0.15, 0.2) is 52.2 Å². The molecule has 1 aromatic heterocycles. The number of H-pyrrole nitrogens is 1. The van der Waals surface area contributed by atoms with Gasteiger partial charge in [-0.2, -0.15) is 10.5 Å². The van der Waals surface area contributed by atoms with Gasteiger partial charge in [-0.05, 0) is 36.8 Å². The number of nitrogens with one attached hydrogen (secondary N) is 1. The van der Waals surface area contributed by atoms with Gasteiger partial charge in [0.15, 0.2) is 0 Å². The number of nitrogens with two attached hydrogens (primary N) is 1. The summed E-state index contributed by atoms with van der Waals surface area (Å²) in [6.07, 6.45) is 0. The smallest absolute Gasteiger partial charge is 0.268 e. The number of methoxy groups -OCH3 is 1. The van der Waals surface area contributed by atoms with E-state index in [2.05, 4.69) is 17.1 Å². The molecule has 7 heteroatoms. The van der Waals surface area contributed by atoms with Crippen molar-refractivity contribution in [3.05, 3.63) is 75.1 Å². The van der Waals surface area contributed by atoms with Crippen LogP contribution < -0.4 is 16.0 Å². The average Bonchev–Trinajstić information content (AvgIpc) is 2.72. The lowest BCUT2D eigenvalue weighted by molar-refractivity contribution is 0.411. The number of aromatic nitrogens is 1. The van der Waals surface area contributed by atoms with Crippen molar-refractivity contribution in [3.8, 4) is 29.0 Å². The summed E-state index contributed by atoms with van der Waals surface area (Å²) in [5, 5.41) is 19.0. The Morgan fingerprint density at radius 2 is 1.79 bits per heavy atom. The number of benzene rings is 2. The summed E-state index contributed by atoms with van der Waals surface area (Å²) >= 11 is 1.64. The summed E-state index contributed by atoms with van der Waals surface area (Å²) in [5.41, 5.74) is 8.00. The van der Waals surface area contributed by atoms with Gasteiger partial charge >= 0.3 is 0 Å². The molecule has 0 atom stereocenters. The molecule has 1 heterocycles. The molecule has 6 nitrogen and oxygen atoms in total. The Bertz CT molecular complexity index is 1200. The predicted octanol–water partition coefficient (Wildman–Crippen LogP) is 3.98. The monoisotopic (exact) mass is 402 g/mol. The van der Waals surface area contributed by atoms with E-state index in [0.717, 1.165) is 10.5 Å². The van der Waals surface area contributed by atoms with Crippen molar-refractivity contribution in [1.82, 2.24) is 4.98 Å². The number of hydrogen-bond acceptors (Lipinski definition) is 6. The number of nitrogens with zero attached hydrogens (tertiary/aromatic N) is 2. The molecule has 0 saturated carbocycles. The fraction of sp³-hybridized carbons (Fsp3) is 0.136. The fourth-order valence-electron chi connectivity index (χ4n) is 2.97. The first-order chi connectivity index (χ1) is 14.0. The minimum Gasteiger partial charge on any atom is -0.496 e. The third-order valence-electron chi connectivity index (χ3n) is 4.45. The van der Waals surface area contributed by atoms with E-state index in [9.17, 15) is 15.3 Å². The molecule has 0 amide bonds. The lowest BCUT2D eigenvalue weighted by atomic mass is 9.95.